The van der Waals surface area contributed by atoms with Gasteiger partial charge in [-0.2, -0.15) is 0 Å². The Morgan fingerprint density at radius 2 is 2.33 bits per heavy atom. The van der Waals surface area contributed by atoms with Crippen LogP contribution in [-0.4, -0.2) is 41.2 Å². The number of oxime groups is 1. The van der Waals surface area contributed by atoms with Gasteiger partial charge in [-0.1, -0.05) is 17.3 Å². The van der Waals surface area contributed by atoms with Crippen LogP contribution in [-0.2, 0) is 11.3 Å². The van der Waals surface area contributed by atoms with Gasteiger partial charge in [0.25, 0.3) is 0 Å². The molecular formula is C15H20FN3O2. The van der Waals surface area contributed by atoms with Crippen molar-refractivity contribution in [2.75, 3.05) is 13.2 Å². The molecule has 21 heavy (non-hydrogen) atoms. The molecule has 0 spiro atoms. The highest BCUT2D eigenvalue weighted by Gasteiger charge is 2.36. The number of halogens is 1. The van der Waals surface area contributed by atoms with Crippen LogP contribution in [0.15, 0.2) is 23.4 Å². The average Bonchev–Trinajstić information content (AvgIpc) is 2.98. The summed E-state index contributed by atoms with van der Waals surface area (Å²) in [4.78, 5) is 2.29. The van der Waals surface area contributed by atoms with Crippen LogP contribution in [0.2, 0.25) is 0 Å². The van der Waals surface area contributed by atoms with Crippen molar-refractivity contribution in [1.82, 2.24) is 4.90 Å². The quantitative estimate of drug-likeness (QED) is 0.385. The topological polar surface area (TPSA) is 71.1 Å². The minimum atomic E-state index is -0.408. The zero-order valence-electron chi connectivity index (χ0n) is 11.8. The number of ether oxygens (including phenoxy) is 1. The average molecular weight is 293 g/mol. The predicted octanol–water partition coefficient (Wildman–Crippen LogP) is 1.67. The Morgan fingerprint density at radius 1 is 1.48 bits per heavy atom. The van der Waals surface area contributed by atoms with E-state index in [0.717, 1.165) is 19.4 Å². The number of morpholine rings is 1. The summed E-state index contributed by atoms with van der Waals surface area (Å²) in [5.41, 5.74) is 6.23. The second-order valence-corrected chi connectivity index (χ2v) is 5.64. The van der Waals surface area contributed by atoms with Gasteiger partial charge >= 0.3 is 0 Å². The van der Waals surface area contributed by atoms with Crippen molar-refractivity contribution < 1.29 is 14.3 Å². The molecular weight excluding hydrogens is 273 g/mol. The van der Waals surface area contributed by atoms with E-state index < -0.39 is 5.82 Å². The van der Waals surface area contributed by atoms with Crippen LogP contribution in [0.1, 0.15) is 30.4 Å². The molecule has 2 aliphatic rings. The minimum Gasteiger partial charge on any atom is -0.409 e. The van der Waals surface area contributed by atoms with Gasteiger partial charge < -0.3 is 15.7 Å². The predicted molar refractivity (Wildman–Crippen MR) is 76.7 cm³/mol. The van der Waals surface area contributed by atoms with E-state index in [0.29, 0.717) is 24.8 Å². The molecule has 3 N–H and O–H groups in total. The first-order valence-electron chi connectivity index (χ1n) is 7.31. The van der Waals surface area contributed by atoms with E-state index in [4.69, 9.17) is 15.7 Å². The van der Waals surface area contributed by atoms with Gasteiger partial charge in [-0.25, -0.2) is 4.39 Å². The molecule has 1 saturated carbocycles. The summed E-state index contributed by atoms with van der Waals surface area (Å²) in [6.45, 7) is 2.04. The van der Waals surface area contributed by atoms with E-state index in [1.54, 1.807) is 12.1 Å². The number of nitrogens with zero attached hydrogens (tertiary/aromatic N) is 2. The maximum absolute atomic E-state index is 14.5. The van der Waals surface area contributed by atoms with Gasteiger partial charge in [0, 0.05) is 24.7 Å². The summed E-state index contributed by atoms with van der Waals surface area (Å²) < 4.78 is 20.3. The van der Waals surface area contributed by atoms with Crippen LogP contribution >= 0.6 is 0 Å². The smallest absolute Gasteiger partial charge is 0.173 e. The molecule has 1 heterocycles. The van der Waals surface area contributed by atoms with Gasteiger partial charge in [-0.15, -0.1) is 0 Å². The summed E-state index contributed by atoms with van der Waals surface area (Å²) >= 11 is 0. The molecule has 2 atom stereocenters. The highest BCUT2D eigenvalue weighted by molar-refractivity contribution is 5.97. The van der Waals surface area contributed by atoms with Gasteiger partial charge in [0.1, 0.15) is 5.82 Å². The summed E-state index contributed by atoms with van der Waals surface area (Å²) in [6.07, 6.45) is 3.65. The summed E-state index contributed by atoms with van der Waals surface area (Å²) in [5, 5.41) is 11.6. The molecule has 1 aromatic carbocycles. The molecule has 114 valence electrons. The van der Waals surface area contributed by atoms with E-state index in [-0.39, 0.29) is 17.5 Å². The van der Waals surface area contributed by atoms with Crippen LogP contribution in [0.3, 0.4) is 0 Å². The minimum absolute atomic E-state index is 0.145. The Kier molecular flexibility index (Phi) is 4.07. The van der Waals surface area contributed by atoms with Crippen LogP contribution in [0.5, 0.6) is 0 Å². The molecule has 0 radical (unpaired) electrons. The zero-order valence-corrected chi connectivity index (χ0v) is 11.8. The largest absolute Gasteiger partial charge is 0.409 e. The Labute approximate surface area is 123 Å². The Balaban J connectivity index is 1.81. The Morgan fingerprint density at radius 3 is 3.14 bits per heavy atom. The first-order chi connectivity index (χ1) is 10.2. The maximum atomic E-state index is 14.5. The fraction of sp³-hybridized carbons (Fsp3) is 0.533. The molecule has 0 aromatic heterocycles. The van der Waals surface area contributed by atoms with Crippen molar-refractivity contribution in [3.8, 4) is 0 Å². The molecule has 1 aromatic rings. The highest BCUT2D eigenvalue weighted by Crippen LogP contribution is 2.31. The number of hydrogen-bond acceptors (Lipinski definition) is 4. The van der Waals surface area contributed by atoms with Crippen LogP contribution in [0.25, 0.3) is 0 Å². The maximum Gasteiger partial charge on any atom is 0.173 e. The molecule has 2 fully saturated rings. The van der Waals surface area contributed by atoms with Crippen LogP contribution < -0.4 is 5.73 Å². The lowest BCUT2D eigenvalue weighted by molar-refractivity contribution is -0.0591. The molecule has 0 amide bonds. The third kappa shape index (κ3) is 2.73. The van der Waals surface area contributed by atoms with Crippen LogP contribution in [0.4, 0.5) is 4.39 Å². The SMILES string of the molecule is N/C(=N/O)c1cccc(CN2CCOC3CCCC32)c1F. The van der Waals surface area contributed by atoms with E-state index in [2.05, 4.69) is 10.1 Å². The molecule has 6 heteroatoms. The Bertz CT molecular complexity index is 550. The van der Waals surface area contributed by atoms with E-state index in [1.165, 1.54) is 12.5 Å². The van der Waals surface area contributed by atoms with Crippen molar-refractivity contribution in [2.24, 2.45) is 10.9 Å². The first kappa shape index (κ1) is 14.3. The third-order valence-electron chi connectivity index (χ3n) is 4.43. The second kappa shape index (κ2) is 5.99. The highest BCUT2D eigenvalue weighted by atomic mass is 19.1. The fourth-order valence-electron chi connectivity index (χ4n) is 3.37. The summed E-state index contributed by atoms with van der Waals surface area (Å²) in [5.74, 6) is -0.607. The van der Waals surface area contributed by atoms with Gasteiger partial charge in [-0.05, 0) is 25.3 Å². The lowest BCUT2D eigenvalue weighted by atomic mass is 10.1. The number of fused-ring (bicyclic) bond motifs is 1. The summed E-state index contributed by atoms with van der Waals surface area (Å²) in [6, 6.07) is 5.39. The number of rotatable bonds is 3. The van der Waals surface area contributed by atoms with E-state index >= 15 is 0 Å². The Hall–Kier alpha value is -1.66. The summed E-state index contributed by atoms with van der Waals surface area (Å²) in [7, 11) is 0. The standard InChI is InChI=1S/C15H20FN3O2/c16-14-10(3-1-4-11(14)15(17)18-20)9-19-7-8-21-13-6-2-5-12(13)19/h1,3-4,12-13,20H,2,5-9H2,(H2,17,18). The fourth-order valence-corrected chi connectivity index (χ4v) is 3.37. The van der Waals surface area contributed by atoms with Crippen molar-refractivity contribution >= 4 is 5.84 Å². The van der Waals surface area contributed by atoms with E-state index in [9.17, 15) is 4.39 Å². The second-order valence-electron chi connectivity index (χ2n) is 5.64. The monoisotopic (exact) mass is 293 g/mol. The molecule has 1 saturated heterocycles. The lowest BCUT2D eigenvalue weighted by Gasteiger charge is -2.37. The number of hydrogen-bond donors (Lipinski definition) is 2. The van der Waals surface area contributed by atoms with Crippen molar-refractivity contribution in [3.63, 3.8) is 0 Å². The van der Waals surface area contributed by atoms with Crippen LogP contribution in [0, 0.1) is 5.82 Å². The molecule has 0 bridgehead atoms. The van der Waals surface area contributed by atoms with Gasteiger partial charge in [0.15, 0.2) is 5.84 Å². The van der Waals surface area contributed by atoms with Gasteiger partial charge in [-0.3, -0.25) is 4.90 Å². The van der Waals surface area contributed by atoms with E-state index in [1.807, 2.05) is 0 Å². The normalized spacial score (nSPS) is 26.8. The van der Waals surface area contributed by atoms with Gasteiger partial charge in [0.05, 0.1) is 18.3 Å². The first-order valence-corrected chi connectivity index (χ1v) is 7.31. The number of amidine groups is 1. The molecule has 1 aliphatic heterocycles. The van der Waals surface area contributed by atoms with Gasteiger partial charge in [0.2, 0.25) is 0 Å². The number of benzene rings is 1. The number of nitrogens with two attached hydrogens (primary N) is 1. The van der Waals surface area contributed by atoms with Crippen molar-refractivity contribution in [2.45, 2.75) is 38.0 Å². The third-order valence-corrected chi connectivity index (χ3v) is 4.43. The molecule has 2 unspecified atom stereocenters. The molecule has 1 aliphatic carbocycles. The zero-order chi connectivity index (χ0) is 14.8. The molecule has 5 nitrogen and oxygen atoms in total. The van der Waals surface area contributed by atoms with Crippen molar-refractivity contribution in [1.29, 1.82) is 0 Å². The lowest BCUT2D eigenvalue weighted by Crippen LogP contribution is -2.48. The molecule has 3 rings (SSSR count). The van der Waals surface area contributed by atoms with Crippen molar-refractivity contribution in [3.05, 3.63) is 35.1 Å².